The predicted molar refractivity (Wildman–Crippen MR) is 79.4 cm³/mol. The number of phenolic OH excluding ortho intramolecular Hbond substituents is 1. The lowest BCUT2D eigenvalue weighted by Crippen LogP contribution is -2.29. The third kappa shape index (κ3) is 5.38. The number of hydrazone groups is 1. The second kappa shape index (κ2) is 6.53. The highest BCUT2D eigenvalue weighted by atomic mass is 79.9. The molecule has 0 fully saturated rings. The summed E-state index contributed by atoms with van der Waals surface area (Å²) >= 11 is 3.00. The standard InChI is InChI=1S/C12H14BrN3O5/c1-12(2,3)21-11(18)15-14-6-7-4-8(16(19)20)5-9(13)10(7)17/h4-6,17H,1-3H3,(H,15,18)/b14-6-. The highest BCUT2D eigenvalue weighted by Crippen LogP contribution is 2.31. The van der Waals surface area contributed by atoms with Crippen molar-refractivity contribution in [2.75, 3.05) is 0 Å². The molecule has 0 aliphatic rings. The van der Waals surface area contributed by atoms with Crippen LogP contribution in [0.25, 0.3) is 0 Å². The van der Waals surface area contributed by atoms with Gasteiger partial charge in [0, 0.05) is 17.7 Å². The monoisotopic (exact) mass is 359 g/mol. The van der Waals surface area contributed by atoms with Gasteiger partial charge in [0.2, 0.25) is 0 Å². The van der Waals surface area contributed by atoms with E-state index in [0.29, 0.717) is 0 Å². The number of hydrogen-bond donors (Lipinski definition) is 2. The maximum atomic E-state index is 11.3. The van der Waals surface area contributed by atoms with Gasteiger partial charge in [-0.1, -0.05) is 0 Å². The van der Waals surface area contributed by atoms with E-state index in [4.69, 9.17) is 4.74 Å². The molecule has 0 saturated carbocycles. The lowest BCUT2D eigenvalue weighted by atomic mass is 10.2. The number of carbonyl (C=O) groups is 1. The molecular weight excluding hydrogens is 346 g/mol. The van der Waals surface area contributed by atoms with E-state index in [1.54, 1.807) is 20.8 Å². The van der Waals surface area contributed by atoms with Crippen molar-refractivity contribution < 1.29 is 19.6 Å². The Balaban J connectivity index is 2.85. The van der Waals surface area contributed by atoms with E-state index in [9.17, 15) is 20.0 Å². The minimum absolute atomic E-state index is 0.0760. The van der Waals surface area contributed by atoms with E-state index in [2.05, 4.69) is 26.5 Å². The largest absolute Gasteiger partial charge is 0.506 e. The molecular formula is C12H14BrN3O5. The van der Waals surface area contributed by atoms with Crippen LogP contribution in [0.4, 0.5) is 10.5 Å². The van der Waals surface area contributed by atoms with Gasteiger partial charge in [-0.3, -0.25) is 10.1 Å². The summed E-state index contributed by atoms with van der Waals surface area (Å²) in [6.07, 6.45) is 0.305. The zero-order valence-electron chi connectivity index (χ0n) is 11.6. The van der Waals surface area contributed by atoms with Crippen molar-refractivity contribution in [3.63, 3.8) is 0 Å². The first-order valence-electron chi connectivity index (χ1n) is 5.79. The SMILES string of the molecule is CC(C)(C)OC(=O)N/N=C\c1cc([N+](=O)[O-])cc(Br)c1O. The van der Waals surface area contributed by atoms with Crippen molar-refractivity contribution in [2.45, 2.75) is 26.4 Å². The highest BCUT2D eigenvalue weighted by molar-refractivity contribution is 9.10. The summed E-state index contributed by atoms with van der Waals surface area (Å²) < 4.78 is 5.10. The van der Waals surface area contributed by atoms with Crippen molar-refractivity contribution in [3.8, 4) is 5.75 Å². The van der Waals surface area contributed by atoms with E-state index in [-0.39, 0.29) is 21.5 Å². The fourth-order valence-electron chi connectivity index (χ4n) is 1.26. The van der Waals surface area contributed by atoms with Gasteiger partial charge in [0.05, 0.1) is 15.6 Å². The van der Waals surface area contributed by atoms with Crippen LogP contribution in [0, 0.1) is 10.1 Å². The van der Waals surface area contributed by atoms with Crippen LogP contribution in [0.15, 0.2) is 21.7 Å². The van der Waals surface area contributed by atoms with E-state index < -0.39 is 16.6 Å². The summed E-state index contributed by atoms with van der Waals surface area (Å²) in [4.78, 5) is 21.5. The van der Waals surface area contributed by atoms with Crippen LogP contribution in [0.3, 0.4) is 0 Å². The molecule has 1 rings (SSSR count). The number of nitro groups is 1. The summed E-state index contributed by atoms with van der Waals surface area (Å²) in [7, 11) is 0. The minimum atomic E-state index is -0.775. The van der Waals surface area contributed by atoms with Crippen molar-refractivity contribution in [3.05, 3.63) is 32.3 Å². The van der Waals surface area contributed by atoms with Gasteiger partial charge < -0.3 is 9.84 Å². The molecule has 0 atom stereocenters. The van der Waals surface area contributed by atoms with E-state index in [1.807, 2.05) is 0 Å². The first-order valence-corrected chi connectivity index (χ1v) is 6.58. The molecule has 0 aliphatic carbocycles. The number of carbonyl (C=O) groups excluding carboxylic acids is 1. The molecule has 0 aromatic heterocycles. The van der Waals surface area contributed by atoms with Gasteiger partial charge in [-0.2, -0.15) is 5.10 Å². The molecule has 0 spiro atoms. The van der Waals surface area contributed by atoms with Crippen molar-refractivity contribution >= 4 is 33.9 Å². The quantitative estimate of drug-likeness (QED) is 0.489. The van der Waals surface area contributed by atoms with Crippen LogP contribution >= 0.6 is 15.9 Å². The third-order valence-electron chi connectivity index (χ3n) is 2.05. The number of rotatable bonds is 3. The number of aromatic hydroxyl groups is 1. The summed E-state index contributed by atoms with van der Waals surface area (Å²) in [5.41, 5.74) is 1.28. The molecule has 114 valence electrons. The lowest BCUT2D eigenvalue weighted by Gasteiger charge is -2.18. The molecule has 2 N–H and O–H groups in total. The van der Waals surface area contributed by atoms with Crippen molar-refractivity contribution in [1.82, 2.24) is 5.43 Å². The average Bonchev–Trinajstić information content (AvgIpc) is 2.31. The predicted octanol–water partition coefficient (Wildman–Crippen LogP) is 2.92. The normalized spacial score (nSPS) is 11.4. The molecule has 9 heteroatoms. The van der Waals surface area contributed by atoms with Gasteiger partial charge in [0.25, 0.3) is 5.69 Å². The molecule has 21 heavy (non-hydrogen) atoms. The third-order valence-corrected chi connectivity index (χ3v) is 2.65. The number of hydrogen-bond acceptors (Lipinski definition) is 6. The number of ether oxygens (including phenoxy) is 1. The summed E-state index contributed by atoms with van der Waals surface area (Å²) in [6.45, 7) is 5.08. The Morgan fingerprint density at radius 2 is 2.14 bits per heavy atom. The molecule has 0 unspecified atom stereocenters. The summed E-state index contributed by atoms with van der Waals surface area (Å²) in [6, 6.07) is 2.29. The average molecular weight is 360 g/mol. The molecule has 0 saturated heterocycles. The van der Waals surface area contributed by atoms with Crippen LogP contribution in [-0.2, 0) is 4.74 Å². The maximum absolute atomic E-state index is 11.3. The van der Waals surface area contributed by atoms with Gasteiger partial charge in [0.15, 0.2) is 0 Å². The molecule has 0 radical (unpaired) electrons. The Labute approximate surface area is 129 Å². The van der Waals surface area contributed by atoms with E-state index in [1.165, 1.54) is 0 Å². The fourth-order valence-corrected chi connectivity index (χ4v) is 1.73. The van der Waals surface area contributed by atoms with Crippen LogP contribution in [0.5, 0.6) is 5.75 Å². The Hall–Kier alpha value is -2.16. The maximum Gasteiger partial charge on any atom is 0.428 e. The topological polar surface area (TPSA) is 114 Å². The molecule has 0 heterocycles. The lowest BCUT2D eigenvalue weighted by molar-refractivity contribution is -0.385. The number of benzene rings is 1. The first kappa shape index (κ1) is 16.9. The van der Waals surface area contributed by atoms with E-state index >= 15 is 0 Å². The number of halogens is 1. The Morgan fingerprint density at radius 1 is 1.52 bits per heavy atom. The highest BCUT2D eigenvalue weighted by Gasteiger charge is 2.16. The first-order chi connectivity index (χ1) is 9.60. The summed E-state index contributed by atoms with van der Waals surface area (Å²) in [5, 5.41) is 24.1. The van der Waals surface area contributed by atoms with Gasteiger partial charge in [-0.05, 0) is 36.7 Å². The van der Waals surface area contributed by atoms with Gasteiger partial charge in [-0.25, -0.2) is 10.2 Å². The van der Waals surface area contributed by atoms with Crippen molar-refractivity contribution in [1.29, 1.82) is 0 Å². The van der Waals surface area contributed by atoms with Crippen molar-refractivity contribution in [2.24, 2.45) is 5.10 Å². The zero-order chi connectivity index (χ0) is 16.2. The van der Waals surface area contributed by atoms with Gasteiger partial charge in [-0.15, -0.1) is 0 Å². The molecule has 1 aromatic rings. The molecule has 1 aromatic carbocycles. The number of non-ortho nitro benzene ring substituents is 1. The van der Waals surface area contributed by atoms with Gasteiger partial charge >= 0.3 is 6.09 Å². The zero-order valence-corrected chi connectivity index (χ0v) is 13.2. The van der Waals surface area contributed by atoms with Crippen LogP contribution in [0.1, 0.15) is 26.3 Å². The summed E-state index contributed by atoms with van der Waals surface area (Å²) in [5.74, 6) is -0.227. The second-order valence-corrected chi connectivity index (χ2v) is 5.85. The minimum Gasteiger partial charge on any atom is -0.506 e. The number of nitrogens with zero attached hydrogens (tertiary/aromatic N) is 2. The molecule has 1 amide bonds. The Morgan fingerprint density at radius 3 is 2.67 bits per heavy atom. The number of nitrogens with one attached hydrogen (secondary N) is 1. The number of nitro benzene ring substituents is 1. The molecule has 0 bridgehead atoms. The fraction of sp³-hybridized carbons (Fsp3) is 0.333. The second-order valence-electron chi connectivity index (χ2n) is 4.99. The number of amides is 1. The number of phenols is 1. The van der Waals surface area contributed by atoms with Crippen LogP contribution in [-0.4, -0.2) is 27.9 Å². The van der Waals surface area contributed by atoms with Crippen LogP contribution < -0.4 is 5.43 Å². The van der Waals surface area contributed by atoms with Gasteiger partial charge in [0.1, 0.15) is 11.4 Å². The smallest absolute Gasteiger partial charge is 0.428 e. The van der Waals surface area contributed by atoms with E-state index in [0.717, 1.165) is 18.3 Å². The molecule has 0 aliphatic heterocycles. The van der Waals surface area contributed by atoms with Crippen LogP contribution in [0.2, 0.25) is 0 Å². The molecule has 8 nitrogen and oxygen atoms in total. The Kier molecular flexibility index (Phi) is 5.25. The Bertz CT molecular complexity index is 595.